The summed E-state index contributed by atoms with van der Waals surface area (Å²) in [7, 11) is 0. The maximum atomic E-state index is 16.0. The van der Waals surface area contributed by atoms with Gasteiger partial charge in [-0.25, -0.2) is 4.39 Å². The average molecular weight is 1340 g/mol. The molecule has 3 heteroatoms. The van der Waals surface area contributed by atoms with Crippen molar-refractivity contribution in [3.8, 4) is 77.9 Å². The Morgan fingerprint density at radius 2 is 0.524 bits per heavy atom. The normalized spacial score (nSPS) is 13.3. The fourth-order valence-electron chi connectivity index (χ4n) is 18.9. The Bertz CT molecular complexity index is 6600. The highest BCUT2D eigenvalue weighted by atomic mass is 19.1. The fourth-order valence-corrected chi connectivity index (χ4v) is 18.9. The molecule has 18 aromatic rings. The first-order valence-corrected chi connectivity index (χ1v) is 36.4. The number of para-hydroxylation sites is 3. The molecule has 4 aliphatic rings. The maximum Gasteiger partial charge on any atom is 0.147 e. The molecule has 0 fully saturated rings. The zero-order valence-corrected chi connectivity index (χ0v) is 57.1. The van der Waals surface area contributed by atoms with Crippen LogP contribution in [0.4, 0.5) is 38.5 Å². The summed E-state index contributed by atoms with van der Waals surface area (Å²) in [5.74, 6) is -0.279. The van der Waals surface area contributed by atoms with Crippen LogP contribution in [-0.4, -0.2) is 0 Å². The topological polar surface area (TPSA) is 6.48 Å². The lowest BCUT2D eigenvalue weighted by molar-refractivity contribution is 0.629. The minimum Gasteiger partial charge on any atom is -0.310 e. The van der Waals surface area contributed by atoms with Gasteiger partial charge in [0.05, 0.1) is 22.2 Å². The van der Waals surface area contributed by atoms with E-state index in [-0.39, 0.29) is 5.82 Å². The van der Waals surface area contributed by atoms with Crippen molar-refractivity contribution in [2.24, 2.45) is 0 Å². The predicted octanol–water partition coefficient (Wildman–Crippen LogP) is 27.1. The van der Waals surface area contributed by atoms with Crippen molar-refractivity contribution in [3.63, 3.8) is 0 Å². The van der Waals surface area contributed by atoms with Gasteiger partial charge in [-0.1, -0.05) is 255 Å². The van der Waals surface area contributed by atoms with Crippen molar-refractivity contribution in [3.05, 3.63) is 433 Å². The first-order valence-electron chi connectivity index (χ1n) is 36.4. The van der Waals surface area contributed by atoms with Gasteiger partial charge in [0.2, 0.25) is 0 Å². The van der Waals surface area contributed by atoms with Crippen molar-refractivity contribution in [1.82, 2.24) is 0 Å². The van der Waals surface area contributed by atoms with Gasteiger partial charge in [-0.05, 0) is 287 Å². The standard InChI is InChI=1S/C102H63FN2/c103-98-41-20-21-42-99(98)104(77-29-6-2-7-30-77)79-48-45-69-57-88-89-58-74-52-68(43-44-71(74)60-95(89)102(97(88)61-75(69)53-79)92-39-18-14-35-84(92)85-36-15-19-40-93(85)102)65-27-22-28-73(51-65)81-50-47-72(64-23-4-1-5-24-64)63-100(81)105(78-31-8-3-9-32-78)80-49-46-70-56-87-86-55-66-25-10-11-26-67(66)59-94(86)101(96(87)62-76(70)54-80)90-37-16-12-33-82(90)83-34-13-17-38-91(83)101/h1-63H. The average Bonchev–Trinajstić information content (AvgIpc) is 1.51. The van der Waals surface area contributed by atoms with Crippen LogP contribution in [-0.2, 0) is 10.8 Å². The molecule has 0 saturated carbocycles. The molecule has 488 valence electrons. The van der Waals surface area contributed by atoms with Crippen LogP contribution in [0.25, 0.3) is 121 Å². The minimum atomic E-state index is -0.594. The molecule has 0 aromatic heterocycles. The van der Waals surface area contributed by atoms with Gasteiger partial charge in [-0.2, -0.15) is 0 Å². The summed E-state index contributed by atoms with van der Waals surface area (Å²) in [4.78, 5) is 4.51. The van der Waals surface area contributed by atoms with E-state index < -0.39 is 10.8 Å². The van der Waals surface area contributed by atoms with Crippen molar-refractivity contribution in [1.29, 1.82) is 0 Å². The lowest BCUT2D eigenvalue weighted by atomic mass is 9.70. The quantitative estimate of drug-likeness (QED) is 0.142. The predicted molar refractivity (Wildman–Crippen MR) is 435 cm³/mol. The van der Waals surface area contributed by atoms with Gasteiger partial charge in [0.15, 0.2) is 0 Å². The van der Waals surface area contributed by atoms with Crippen LogP contribution in [0.5, 0.6) is 0 Å². The van der Waals surface area contributed by atoms with Crippen LogP contribution in [0.1, 0.15) is 44.5 Å². The molecule has 22 rings (SSSR count). The summed E-state index contributed by atoms with van der Waals surface area (Å²) < 4.78 is 16.0. The molecule has 0 aliphatic heterocycles. The van der Waals surface area contributed by atoms with Gasteiger partial charge in [-0.3, -0.25) is 0 Å². The Hall–Kier alpha value is -13.5. The van der Waals surface area contributed by atoms with E-state index in [1.807, 2.05) is 47.4 Å². The third kappa shape index (κ3) is 8.64. The van der Waals surface area contributed by atoms with Crippen molar-refractivity contribution in [2.45, 2.75) is 10.8 Å². The van der Waals surface area contributed by atoms with E-state index in [1.54, 1.807) is 12.1 Å². The summed E-state index contributed by atoms with van der Waals surface area (Å²) in [6, 6.07) is 141. The summed E-state index contributed by atoms with van der Waals surface area (Å²) in [6.45, 7) is 0. The summed E-state index contributed by atoms with van der Waals surface area (Å²) in [6.07, 6.45) is 0. The Balaban J connectivity index is 0.695. The highest BCUT2D eigenvalue weighted by Crippen LogP contribution is 2.66. The Labute approximate surface area is 608 Å². The molecule has 0 radical (unpaired) electrons. The molecule has 0 saturated heterocycles. The molecule has 2 nitrogen and oxygen atoms in total. The van der Waals surface area contributed by atoms with E-state index in [1.165, 1.54) is 121 Å². The van der Waals surface area contributed by atoms with Crippen LogP contribution in [0.2, 0.25) is 0 Å². The largest absolute Gasteiger partial charge is 0.310 e. The maximum absolute atomic E-state index is 16.0. The molecule has 0 unspecified atom stereocenters. The number of fused-ring (bicyclic) bond motifs is 24. The number of nitrogens with zero attached hydrogens (tertiary/aromatic N) is 2. The highest BCUT2D eigenvalue weighted by Gasteiger charge is 2.53. The zero-order chi connectivity index (χ0) is 69.1. The van der Waals surface area contributed by atoms with Gasteiger partial charge in [0.1, 0.15) is 5.82 Å². The minimum absolute atomic E-state index is 0.279. The summed E-state index contributed by atoms with van der Waals surface area (Å²) in [5, 5.41) is 9.44. The number of hydrogen-bond donors (Lipinski definition) is 0. The van der Waals surface area contributed by atoms with Crippen LogP contribution >= 0.6 is 0 Å². The number of rotatable bonds is 9. The zero-order valence-electron chi connectivity index (χ0n) is 57.1. The number of benzene rings is 18. The first kappa shape index (κ1) is 59.2. The number of halogens is 1. The lowest BCUT2D eigenvalue weighted by Crippen LogP contribution is -2.25. The highest BCUT2D eigenvalue weighted by molar-refractivity contribution is 6.08. The van der Waals surface area contributed by atoms with Gasteiger partial charge in [0.25, 0.3) is 0 Å². The van der Waals surface area contributed by atoms with Gasteiger partial charge >= 0.3 is 0 Å². The molecular formula is C102H63FN2. The van der Waals surface area contributed by atoms with Crippen LogP contribution in [0.15, 0.2) is 382 Å². The van der Waals surface area contributed by atoms with Crippen molar-refractivity contribution < 1.29 is 4.39 Å². The summed E-state index contributed by atoms with van der Waals surface area (Å²) in [5.41, 5.74) is 31.8. The van der Waals surface area contributed by atoms with Crippen molar-refractivity contribution >= 4 is 77.2 Å². The smallest absolute Gasteiger partial charge is 0.147 e. The van der Waals surface area contributed by atoms with E-state index in [0.717, 1.165) is 72.6 Å². The SMILES string of the molecule is Fc1ccccc1N(c1ccccc1)c1ccc2cc3c(cc2c1)C1(c2ccccc2-c2ccccc21)c1cc2ccc(-c4cccc(-c5ccc(-c6ccccc6)cc5N(c5ccccc5)c5ccc6cc7c(cc6c5)C5(c6ccccc6-c6ccccc65)c5cc6ccccc6cc5-7)c4)cc2cc1-3. The third-order valence-corrected chi connectivity index (χ3v) is 23.4. The monoisotopic (exact) mass is 1330 g/mol. The molecule has 0 bridgehead atoms. The van der Waals surface area contributed by atoms with E-state index >= 15 is 4.39 Å². The van der Waals surface area contributed by atoms with Crippen LogP contribution < -0.4 is 9.80 Å². The molecule has 0 N–H and O–H groups in total. The Morgan fingerprint density at radius 3 is 1.05 bits per heavy atom. The molecular weight excluding hydrogens is 1270 g/mol. The molecule has 4 aliphatic carbocycles. The Kier molecular flexibility index (Phi) is 12.8. The van der Waals surface area contributed by atoms with Crippen molar-refractivity contribution in [2.75, 3.05) is 9.80 Å². The first-order chi connectivity index (χ1) is 51.9. The van der Waals surface area contributed by atoms with E-state index in [0.29, 0.717) is 5.69 Å². The molecule has 0 amide bonds. The third-order valence-electron chi connectivity index (χ3n) is 23.4. The molecule has 18 aromatic carbocycles. The van der Waals surface area contributed by atoms with Gasteiger partial charge < -0.3 is 9.80 Å². The van der Waals surface area contributed by atoms with E-state index in [9.17, 15) is 0 Å². The van der Waals surface area contributed by atoms with E-state index in [4.69, 9.17) is 0 Å². The van der Waals surface area contributed by atoms with Gasteiger partial charge in [-0.15, -0.1) is 0 Å². The van der Waals surface area contributed by atoms with Crippen LogP contribution in [0, 0.1) is 5.82 Å². The second-order valence-corrected chi connectivity index (χ2v) is 28.7. The second kappa shape index (κ2) is 22.8. The molecule has 0 atom stereocenters. The second-order valence-electron chi connectivity index (χ2n) is 28.7. The lowest BCUT2D eigenvalue weighted by Gasteiger charge is -2.31. The van der Waals surface area contributed by atoms with Crippen LogP contribution in [0.3, 0.4) is 0 Å². The molecule has 2 spiro atoms. The number of anilines is 6. The molecule has 105 heavy (non-hydrogen) atoms. The van der Waals surface area contributed by atoms with E-state index in [2.05, 4.69) is 332 Å². The Morgan fingerprint density at radius 1 is 0.171 bits per heavy atom. The summed E-state index contributed by atoms with van der Waals surface area (Å²) >= 11 is 0. The number of hydrogen-bond acceptors (Lipinski definition) is 2. The van der Waals surface area contributed by atoms with Gasteiger partial charge in [0, 0.05) is 28.3 Å². The molecule has 0 heterocycles. The fraction of sp³-hybridized carbons (Fsp3) is 0.0196.